The van der Waals surface area contributed by atoms with Crippen molar-refractivity contribution in [2.45, 2.75) is 0 Å². The highest BCUT2D eigenvalue weighted by Crippen LogP contribution is 2.30. The van der Waals surface area contributed by atoms with Crippen LogP contribution in [0.4, 0.5) is 0 Å². The van der Waals surface area contributed by atoms with Crippen LogP contribution in [0.1, 0.15) is 16.7 Å². The van der Waals surface area contributed by atoms with Crippen molar-refractivity contribution in [2.24, 2.45) is 0 Å². The van der Waals surface area contributed by atoms with Crippen LogP contribution in [0.3, 0.4) is 0 Å². The van der Waals surface area contributed by atoms with Crippen molar-refractivity contribution < 1.29 is 0 Å². The second-order valence-corrected chi connectivity index (χ2v) is 5.32. The lowest BCUT2D eigenvalue weighted by atomic mass is 10.0. The summed E-state index contributed by atoms with van der Waals surface area (Å²) in [6, 6.07) is 17.1. The van der Waals surface area contributed by atoms with Crippen molar-refractivity contribution in [3.63, 3.8) is 0 Å². The number of hydrogen-bond donors (Lipinski definition) is 0. The summed E-state index contributed by atoms with van der Waals surface area (Å²) in [5.41, 5.74) is 5.18. The van der Waals surface area contributed by atoms with E-state index in [1.54, 1.807) is 0 Å². The Morgan fingerprint density at radius 1 is 0.824 bits per heavy atom. The Morgan fingerprint density at radius 2 is 1.59 bits per heavy atom. The van der Waals surface area contributed by atoms with Gasteiger partial charge >= 0.3 is 0 Å². The van der Waals surface area contributed by atoms with Crippen molar-refractivity contribution in [2.75, 3.05) is 0 Å². The molecule has 0 heterocycles. The number of fused-ring (bicyclic) bond motifs is 1. The van der Waals surface area contributed by atoms with Gasteiger partial charge < -0.3 is 0 Å². The van der Waals surface area contributed by atoms with Crippen LogP contribution in [-0.2, 0) is 0 Å². The van der Waals surface area contributed by atoms with Gasteiger partial charge in [0, 0.05) is 3.57 Å². The Labute approximate surface area is 115 Å². The lowest BCUT2D eigenvalue weighted by Crippen LogP contribution is -1.80. The van der Waals surface area contributed by atoms with E-state index in [0.29, 0.717) is 0 Å². The summed E-state index contributed by atoms with van der Waals surface area (Å²) in [6.45, 7) is 0. The largest absolute Gasteiger partial charge is 0.0616 e. The molecule has 0 unspecified atom stereocenters. The third-order valence-electron chi connectivity index (χ3n) is 2.91. The lowest BCUT2D eigenvalue weighted by molar-refractivity contribution is 1.59. The van der Waals surface area contributed by atoms with E-state index in [1.807, 2.05) is 0 Å². The van der Waals surface area contributed by atoms with Gasteiger partial charge in [-0.05, 0) is 63.1 Å². The highest BCUT2D eigenvalue weighted by atomic mass is 127. The van der Waals surface area contributed by atoms with E-state index in [2.05, 4.69) is 89.3 Å². The normalized spacial score (nSPS) is 15.2. The number of hydrogen-bond acceptors (Lipinski definition) is 0. The van der Waals surface area contributed by atoms with E-state index in [4.69, 9.17) is 0 Å². The second-order valence-electron chi connectivity index (χ2n) is 4.07. The van der Waals surface area contributed by atoms with Crippen molar-refractivity contribution in [1.82, 2.24) is 0 Å². The van der Waals surface area contributed by atoms with E-state index in [-0.39, 0.29) is 0 Å². The maximum Gasteiger partial charge on any atom is 0.0130 e. The first-order valence-electron chi connectivity index (χ1n) is 5.58. The van der Waals surface area contributed by atoms with Gasteiger partial charge in [-0.1, -0.05) is 48.6 Å². The van der Waals surface area contributed by atoms with Crippen LogP contribution in [-0.4, -0.2) is 0 Å². The fourth-order valence-corrected chi connectivity index (χ4v) is 2.40. The summed E-state index contributed by atoms with van der Waals surface area (Å²) in [4.78, 5) is 0. The van der Waals surface area contributed by atoms with Gasteiger partial charge in [-0.15, -0.1) is 0 Å². The van der Waals surface area contributed by atoms with E-state index in [9.17, 15) is 0 Å². The molecule has 3 rings (SSSR count). The van der Waals surface area contributed by atoms with E-state index < -0.39 is 0 Å². The van der Waals surface area contributed by atoms with Gasteiger partial charge in [-0.3, -0.25) is 0 Å². The zero-order chi connectivity index (χ0) is 11.7. The number of allylic oxidation sites excluding steroid dienone is 2. The van der Waals surface area contributed by atoms with Gasteiger partial charge in [0.25, 0.3) is 0 Å². The van der Waals surface area contributed by atoms with E-state index >= 15 is 0 Å². The van der Waals surface area contributed by atoms with Gasteiger partial charge in [0.05, 0.1) is 0 Å². The molecule has 0 saturated carbocycles. The summed E-state index contributed by atoms with van der Waals surface area (Å²) in [5, 5.41) is 0. The Hall–Kier alpha value is -1.35. The third kappa shape index (κ3) is 2.20. The Bertz CT molecular complexity index is 604. The average Bonchev–Trinajstić information content (AvgIpc) is 2.76. The SMILES string of the molecule is Ic1ccc(/C=C2/C=Cc3ccccc32)cc1. The molecule has 0 bridgehead atoms. The van der Waals surface area contributed by atoms with Crippen molar-refractivity contribution >= 4 is 40.3 Å². The number of halogens is 1. The molecule has 0 aliphatic heterocycles. The van der Waals surface area contributed by atoms with Gasteiger partial charge in [0.1, 0.15) is 0 Å². The number of rotatable bonds is 1. The minimum Gasteiger partial charge on any atom is -0.0616 e. The average molecular weight is 330 g/mol. The molecule has 2 aromatic rings. The Balaban J connectivity index is 2.02. The predicted octanol–water partition coefficient (Wildman–Crippen LogP) is 4.86. The molecule has 0 aromatic heterocycles. The van der Waals surface area contributed by atoms with Crippen molar-refractivity contribution in [3.8, 4) is 0 Å². The monoisotopic (exact) mass is 330 g/mol. The van der Waals surface area contributed by atoms with Crippen LogP contribution in [0.15, 0.2) is 54.6 Å². The first-order valence-corrected chi connectivity index (χ1v) is 6.65. The van der Waals surface area contributed by atoms with Crippen LogP contribution in [0.5, 0.6) is 0 Å². The summed E-state index contributed by atoms with van der Waals surface area (Å²) < 4.78 is 1.27. The topological polar surface area (TPSA) is 0 Å². The molecule has 0 amide bonds. The summed E-state index contributed by atoms with van der Waals surface area (Å²) in [7, 11) is 0. The van der Waals surface area contributed by atoms with Crippen molar-refractivity contribution in [1.29, 1.82) is 0 Å². The second kappa shape index (κ2) is 4.49. The minimum atomic E-state index is 1.25. The summed E-state index contributed by atoms with van der Waals surface area (Å²) >= 11 is 2.33. The molecule has 0 nitrogen and oxygen atoms in total. The molecule has 0 atom stereocenters. The molecule has 1 aliphatic rings. The van der Waals surface area contributed by atoms with Gasteiger partial charge in [-0.2, -0.15) is 0 Å². The Morgan fingerprint density at radius 3 is 2.41 bits per heavy atom. The molecule has 1 heteroatoms. The number of benzene rings is 2. The lowest BCUT2D eigenvalue weighted by Gasteiger charge is -2.01. The molecule has 0 radical (unpaired) electrons. The van der Waals surface area contributed by atoms with Gasteiger partial charge in [0.15, 0.2) is 0 Å². The molecule has 2 aromatic carbocycles. The Kier molecular flexibility index (Phi) is 2.85. The van der Waals surface area contributed by atoms with Crippen LogP contribution in [0.2, 0.25) is 0 Å². The molecule has 17 heavy (non-hydrogen) atoms. The molecule has 0 spiro atoms. The minimum absolute atomic E-state index is 1.25. The molecule has 0 saturated heterocycles. The standard InChI is InChI=1S/C16H11I/c17-15-9-5-12(6-10-15)11-14-8-7-13-3-1-2-4-16(13)14/h1-11H/b14-11-. The maximum absolute atomic E-state index is 2.33. The fraction of sp³-hybridized carbons (Fsp3) is 0. The highest BCUT2D eigenvalue weighted by molar-refractivity contribution is 14.1. The first kappa shape index (κ1) is 10.8. The summed E-state index contributed by atoms with van der Waals surface area (Å²) in [5.74, 6) is 0. The maximum atomic E-state index is 2.33. The fourth-order valence-electron chi connectivity index (χ4n) is 2.04. The molecule has 0 fully saturated rings. The first-order chi connectivity index (χ1) is 8.33. The van der Waals surface area contributed by atoms with Gasteiger partial charge in [-0.25, -0.2) is 0 Å². The van der Waals surface area contributed by atoms with Crippen LogP contribution in [0.25, 0.3) is 17.7 Å². The highest BCUT2D eigenvalue weighted by Gasteiger charge is 2.08. The molecule has 82 valence electrons. The van der Waals surface area contributed by atoms with Crippen molar-refractivity contribution in [3.05, 3.63) is 74.9 Å². The predicted molar refractivity (Wildman–Crippen MR) is 82.5 cm³/mol. The quantitative estimate of drug-likeness (QED) is 0.655. The third-order valence-corrected chi connectivity index (χ3v) is 3.63. The molecule has 1 aliphatic carbocycles. The van der Waals surface area contributed by atoms with E-state index in [0.717, 1.165) is 0 Å². The molecule has 0 N–H and O–H groups in total. The zero-order valence-electron chi connectivity index (χ0n) is 9.23. The summed E-state index contributed by atoms with van der Waals surface area (Å²) in [6.07, 6.45) is 6.59. The van der Waals surface area contributed by atoms with Crippen LogP contribution >= 0.6 is 22.6 Å². The molecular weight excluding hydrogens is 319 g/mol. The smallest absolute Gasteiger partial charge is 0.0130 e. The molecular formula is C16H11I. The van der Waals surface area contributed by atoms with E-state index in [1.165, 1.54) is 25.8 Å². The van der Waals surface area contributed by atoms with Crippen LogP contribution in [0, 0.1) is 3.57 Å². The zero-order valence-corrected chi connectivity index (χ0v) is 11.4. The van der Waals surface area contributed by atoms with Crippen LogP contribution < -0.4 is 0 Å². The van der Waals surface area contributed by atoms with Gasteiger partial charge in [0.2, 0.25) is 0 Å².